The van der Waals surface area contributed by atoms with E-state index in [1.807, 2.05) is 24.3 Å². The maximum atomic E-state index is 13.4. The van der Waals surface area contributed by atoms with Gasteiger partial charge in [-0.05, 0) is 28.5 Å². The molecule has 0 fully saturated rings. The smallest absolute Gasteiger partial charge is 0.163 e. The lowest BCUT2D eigenvalue weighted by molar-refractivity contribution is -0.121. The molecule has 0 N–H and O–H groups in total. The molecule has 5 rings (SSSR count). The number of rotatable bonds is 2. The Balaban J connectivity index is 1.66. The summed E-state index contributed by atoms with van der Waals surface area (Å²) in [6.07, 6.45) is 4.06. The van der Waals surface area contributed by atoms with Crippen LogP contribution in [0.25, 0.3) is 0 Å². The summed E-state index contributed by atoms with van der Waals surface area (Å²) in [6.45, 7) is 8.38. The Labute approximate surface area is 196 Å². The van der Waals surface area contributed by atoms with Crippen LogP contribution in [-0.2, 0) is 14.3 Å². The normalized spacial score (nSPS) is 26.7. The van der Waals surface area contributed by atoms with Crippen molar-refractivity contribution >= 4 is 39.4 Å². The summed E-state index contributed by atoms with van der Waals surface area (Å²) in [6, 6.07) is 7.92. The Morgan fingerprint density at radius 2 is 1.41 bits per heavy atom. The highest BCUT2D eigenvalue weighted by molar-refractivity contribution is 9.10. The van der Waals surface area contributed by atoms with Crippen molar-refractivity contribution in [3.8, 4) is 0 Å². The highest BCUT2D eigenvalue weighted by atomic mass is 79.9. The minimum atomic E-state index is -0.394. The van der Waals surface area contributed by atoms with Gasteiger partial charge in [0.25, 0.3) is 0 Å². The zero-order valence-corrected chi connectivity index (χ0v) is 20.5. The van der Waals surface area contributed by atoms with Crippen LogP contribution in [0.2, 0.25) is 0 Å². The summed E-state index contributed by atoms with van der Waals surface area (Å²) in [4.78, 5) is 26.9. The van der Waals surface area contributed by atoms with Crippen LogP contribution in [-0.4, -0.2) is 23.5 Å². The second kappa shape index (κ2) is 7.34. The van der Waals surface area contributed by atoms with Gasteiger partial charge in [0, 0.05) is 53.4 Å². The Morgan fingerprint density at radius 3 is 1.94 bits per heavy atom. The maximum absolute atomic E-state index is 13.4. The Morgan fingerprint density at radius 1 is 0.875 bits per heavy atom. The lowest BCUT2D eigenvalue weighted by Gasteiger charge is -2.43. The van der Waals surface area contributed by atoms with Crippen LogP contribution >= 0.6 is 15.9 Å². The lowest BCUT2D eigenvalue weighted by Crippen LogP contribution is -2.42. The van der Waals surface area contributed by atoms with Crippen molar-refractivity contribution < 1.29 is 14.3 Å². The highest BCUT2D eigenvalue weighted by Gasteiger charge is 2.50. The number of hydrogen-bond donors (Lipinski definition) is 0. The molecule has 2 aliphatic carbocycles. The molecule has 2 heterocycles. The number of carbonyl (C=O) groups excluding carboxylic acids is 2. The molecule has 0 amide bonds. The molecule has 32 heavy (non-hydrogen) atoms. The van der Waals surface area contributed by atoms with E-state index in [1.54, 1.807) is 6.21 Å². The van der Waals surface area contributed by atoms with Crippen LogP contribution in [0.1, 0.15) is 58.9 Å². The third-order valence-electron chi connectivity index (χ3n) is 6.83. The van der Waals surface area contributed by atoms with Crippen LogP contribution < -0.4 is 0 Å². The largest absolute Gasteiger partial charge is 0.465 e. The van der Waals surface area contributed by atoms with Crippen LogP contribution in [0.3, 0.4) is 0 Å². The molecule has 1 aromatic carbocycles. The molecule has 0 saturated carbocycles. The molecule has 2 aliphatic heterocycles. The minimum Gasteiger partial charge on any atom is -0.465 e. The van der Waals surface area contributed by atoms with Crippen molar-refractivity contribution in [2.24, 2.45) is 32.9 Å². The topological polar surface area (TPSA) is 68.1 Å². The Hall–Kier alpha value is -2.34. The van der Waals surface area contributed by atoms with E-state index in [-0.39, 0.29) is 28.3 Å². The van der Waals surface area contributed by atoms with Crippen molar-refractivity contribution in [1.29, 1.82) is 0 Å². The first-order chi connectivity index (χ1) is 15.0. The molecule has 5 nitrogen and oxygen atoms in total. The Bertz CT molecular complexity index is 1100. The third-order valence-corrected chi connectivity index (χ3v) is 7.36. The van der Waals surface area contributed by atoms with E-state index in [0.29, 0.717) is 36.8 Å². The fourth-order valence-corrected chi connectivity index (χ4v) is 5.77. The van der Waals surface area contributed by atoms with Crippen LogP contribution in [0, 0.1) is 22.7 Å². The van der Waals surface area contributed by atoms with Gasteiger partial charge >= 0.3 is 0 Å². The average molecular weight is 495 g/mol. The summed E-state index contributed by atoms with van der Waals surface area (Å²) in [7, 11) is 0. The van der Waals surface area contributed by atoms with E-state index in [2.05, 4.69) is 53.8 Å². The second-order valence-electron chi connectivity index (χ2n) is 10.9. The van der Waals surface area contributed by atoms with Gasteiger partial charge in [-0.2, -0.15) is 10.2 Å². The molecule has 0 saturated heterocycles. The van der Waals surface area contributed by atoms with E-state index in [9.17, 15) is 9.59 Å². The van der Waals surface area contributed by atoms with Crippen LogP contribution in [0.15, 0.2) is 61.6 Å². The zero-order valence-electron chi connectivity index (χ0n) is 18.9. The molecule has 1 aromatic rings. The zero-order chi connectivity index (χ0) is 22.8. The van der Waals surface area contributed by atoms with Gasteiger partial charge in [-0.3, -0.25) is 9.59 Å². The number of ketones is 2. The van der Waals surface area contributed by atoms with Gasteiger partial charge in [0.15, 0.2) is 11.6 Å². The van der Waals surface area contributed by atoms with Gasteiger partial charge in [-0.1, -0.05) is 55.8 Å². The first-order valence-electron chi connectivity index (χ1n) is 11.1. The average Bonchev–Trinajstić information content (AvgIpc) is 3.14. The summed E-state index contributed by atoms with van der Waals surface area (Å²) in [5.41, 5.74) is 2.70. The van der Waals surface area contributed by atoms with Gasteiger partial charge in [-0.15, -0.1) is 0 Å². The molecule has 4 aliphatic rings. The van der Waals surface area contributed by atoms with Crippen molar-refractivity contribution in [2.45, 2.75) is 53.4 Å². The minimum absolute atomic E-state index is 0.0703. The van der Waals surface area contributed by atoms with Crippen LogP contribution in [0.4, 0.5) is 0 Å². The van der Waals surface area contributed by atoms with Gasteiger partial charge in [0.1, 0.15) is 11.5 Å². The monoisotopic (exact) mass is 494 g/mol. The highest BCUT2D eigenvalue weighted by Crippen LogP contribution is 2.52. The van der Waals surface area contributed by atoms with E-state index in [0.717, 1.165) is 27.3 Å². The summed E-state index contributed by atoms with van der Waals surface area (Å²) in [5.74, 6) is 0.939. The summed E-state index contributed by atoms with van der Waals surface area (Å²) in [5, 5.41) is 8.68. The first-order valence-corrected chi connectivity index (χ1v) is 11.9. The fraction of sp³-hybridized carbons (Fsp3) is 0.462. The number of ether oxygens (including phenoxy) is 1. The van der Waals surface area contributed by atoms with Crippen molar-refractivity contribution in [2.75, 3.05) is 0 Å². The lowest BCUT2D eigenvalue weighted by atomic mass is 9.63. The second-order valence-corrected chi connectivity index (χ2v) is 11.8. The SMILES string of the molecule is CC1(C)CC(=O)C2=C(C1)OC1=C(C(=O)CC(C)(C)C1)C2C1C=NN=C1c1ccc(Br)cc1. The number of hydrogen-bond acceptors (Lipinski definition) is 5. The molecule has 1 atom stereocenters. The standard InChI is InChI=1S/C26H27BrN2O3/c1-25(2)9-17(30)22-19(11-25)32-20-12-26(3,4)10-18(31)23(20)21(22)16-13-28-29-24(16)14-5-7-15(27)8-6-14/h5-8,13,16,21H,9-12H2,1-4H3. The van der Waals surface area contributed by atoms with Gasteiger partial charge in [0.05, 0.1) is 11.6 Å². The number of nitrogens with zero attached hydrogens (tertiary/aromatic N) is 2. The molecular formula is C26H27BrN2O3. The van der Waals surface area contributed by atoms with Crippen molar-refractivity contribution in [3.05, 3.63) is 57.0 Å². The van der Waals surface area contributed by atoms with E-state index >= 15 is 0 Å². The Kier molecular flexibility index (Phi) is 4.93. The third kappa shape index (κ3) is 3.62. The molecule has 0 bridgehead atoms. The predicted molar refractivity (Wildman–Crippen MR) is 127 cm³/mol. The van der Waals surface area contributed by atoms with Crippen molar-refractivity contribution in [3.63, 3.8) is 0 Å². The molecule has 6 heteroatoms. The number of halogens is 1. The molecule has 1 unspecified atom stereocenters. The van der Waals surface area contributed by atoms with Gasteiger partial charge < -0.3 is 4.74 Å². The van der Waals surface area contributed by atoms with E-state index in [4.69, 9.17) is 4.74 Å². The predicted octanol–water partition coefficient (Wildman–Crippen LogP) is 5.79. The fourth-order valence-electron chi connectivity index (χ4n) is 5.50. The number of Topliss-reactive ketones (excluding diaryl/α,β-unsaturated/α-hetero) is 2. The summed E-state index contributed by atoms with van der Waals surface area (Å²) >= 11 is 3.48. The quantitative estimate of drug-likeness (QED) is 0.522. The molecule has 166 valence electrons. The first kappa shape index (κ1) is 21.5. The van der Waals surface area contributed by atoms with Crippen LogP contribution in [0.5, 0.6) is 0 Å². The molecule has 0 radical (unpaired) electrons. The number of allylic oxidation sites excluding steroid dienone is 4. The van der Waals surface area contributed by atoms with E-state index in [1.165, 1.54) is 0 Å². The van der Waals surface area contributed by atoms with E-state index < -0.39 is 5.92 Å². The molecule has 0 aromatic heterocycles. The summed E-state index contributed by atoms with van der Waals surface area (Å²) < 4.78 is 7.36. The number of carbonyl (C=O) groups is 2. The van der Waals surface area contributed by atoms with Gasteiger partial charge in [-0.25, -0.2) is 0 Å². The number of benzene rings is 1. The maximum Gasteiger partial charge on any atom is 0.163 e. The molecule has 0 spiro atoms. The molecular weight excluding hydrogens is 468 g/mol. The van der Waals surface area contributed by atoms with Gasteiger partial charge in [0.2, 0.25) is 0 Å². The van der Waals surface area contributed by atoms with Crippen molar-refractivity contribution in [1.82, 2.24) is 0 Å².